The zero-order chi connectivity index (χ0) is 15.5. The number of carboxylic acid groups (broad SMARTS) is 1. The van der Waals surface area contributed by atoms with Gasteiger partial charge in [-0.05, 0) is 5.92 Å². The van der Waals surface area contributed by atoms with Crippen molar-refractivity contribution in [2.24, 2.45) is 23.0 Å². The second-order valence-electron chi connectivity index (χ2n) is 5.95. The van der Waals surface area contributed by atoms with Gasteiger partial charge >= 0.3 is 5.97 Å². The van der Waals surface area contributed by atoms with E-state index in [1.54, 1.807) is 6.92 Å². The van der Waals surface area contributed by atoms with E-state index in [4.69, 9.17) is 10.5 Å². The first-order valence-corrected chi connectivity index (χ1v) is 6.28. The molecule has 2 unspecified atom stereocenters. The minimum Gasteiger partial charge on any atom is -0.480 e. The Balaban J connectivity index is 2.38. The second-order valence-corrected chi connectivity index (χ2v) is 5.95. The van der Waals surface area contributed by atoms with E-state index in [-0.39, 0.29) is 0 Å². The SMILES string of the molecule is CO[C@](C)(O)N[C@H]1[C@H]2C(C=O)C2(C)[C@](N)(C(=O)O)[C@H]1O. The van der Waals surface area contributed by atoms with Crippen molar-refractivity contribution in [3.63, 3.8) is 0 Å². The Morgan fingerprint density at radius 3 is 2.50 bits per heavy atom. The lowest BCUT2D eigenvalue weighted by Gasteiger charge is -2.36. The van der Waals surface area contributed by atoms with Crippen molar-refractivity contribution in [1.29, 1.82) is 0 Å². The normalized spacial score (nSPS) is 49.3. The maximum Gasteiger partial charge on any atom is 0.327 e. The number of aliphatic hydroxyl groups excluding tert-OH is 1. The van der Waals surface area contributed by atoms with Crippen molar-refractivity contribution in [3.8, 4) is 0 Å². The number of aliphatic hydroxyl groups is 2. The van der Waals surface area contributed by atoms with Crippen LogP contribution in [0.4, 0.5) is 0 Å². The number of methoxy groups -OCH3 is 1. The predicted molar refractivity (Wildman–Crippen MR) is 66.3 cm³/mol. The van der Waals surface area contributed by atoms with Gasteiger partial charge in [0.1, 0.15) is 11.8 Å². The Labute approximate surface area is 115 Å². The maximum atomic E-state index is 11.5. The van der Waals surface area contributed by atoms with Crippen molar-refractivity contribution in [2.45, 2.75) is 37.4 Å². The minimum atomic E-state index is -1.95. The van der Waals surface area contributed by atoms with Crippen LogP contribution in [0.15, 0.2) is 0 Å². The number of fused-ring (bicyclic) bond motifs is 1. The molecule has 2 rings (SSSR count). The molecule has 7 atom stereocenters. The van der Waals surface area contributed by atoms with Crippen LogP contribution in [-0.2, 0) is 14.3 Å². The lowest BCUT2D eigenvalue weighted by atomic mass is 9.79. The van der Waals surface area contributed by atoms with E-state index in [1.807, 2.05) is 0 Å². The van der Waals surface area contributed by atoms with Crippen LogP contribution in [0.25, 0.3) is 0 Å². The molecule has 0 aromatic heterocycles. The Morgan fingerprint density at radius 1 is 1.55 bits per heavy atom. The predicted octanol–water partition coefficient (Wildman–Crippen LogP) is -2.14. The first-order chi connectivity index (χ1) is 9.07. The highest BCUT2D eigenvalue weighted by Gasteiger charge is 2.83. The Hall–Kier alpha value is -1.06. The molecule has 2 aliphatic carbocycles. The molecule has 6 N–H and O–H groups in total. The Bertz CT molecular complexity index is 455. The fraction of sp³-hybridized carbons (Fsp3) is 0.833. The summed E-state index contributed by atoms with van der Waals surface area (Å²) in [6, 6.07) is -0.855. The summed E-state index contributed by atoms with van der Waals surface area (Å²) in [7, 11) is 1.25. The topological polar surface area (TPSA) is 142 Å². The fourth-order valence-electron chi connectivity index (χ4n) is 3.65. The molecular weight excluding hydrogens is 268 g/mol. The van der Waals surface area contributed by atoms with Crippen molar-refractivity contribution < 1.29 is 29.6 Å². The molecule has 114 valence electrons. The summed E-state index contributed by atoms with van der Waals surface area (Å²) in [5.74, 6) is -4.19. The molecule has 0 heterocycles. The molecule has 20 heavy (non-hydrogen) atoms. The van der Waals surface area contributed by atoms with Gasteiger partial charge in [-0.15, -0.1) is 0 Å². The average molecular weight is 288 g/mol. The monoisotopic (exact) mass is 288 g/mol. The number of rotatable bonds is 5. The van der Waals surface area contributed by atoms with Crippen LogP contribution in [0.3, 0.4) is 0 Å². The summed E-state index contributed by atoms with van der Waals surface area (Å²) in [5, 5.41) is 32.1. The molecule has 0 amide bonds. The molecule has 0 aromatic rings. The highest BCUT2D eigenvalue weighted by atomic mass is 16.6. The van der Waals surface area contributed by atoms with Crippen molar-refractivity contribution >= 4 is 12.3 Å². The number of carbonyl (C=O) groups excluding carboxylic acids is 1. The van der Waals surface area contributed by atoms with E-state index in [9.17, 15) is 24.9 Å². The van der Waals surface area contributed by atoms with Gasteiger partial charge in [-0.25, -0.2) is 0 Å². The average Bonchev–Trinajstić information content (AvgIpc) is 2.95. The molecule has 0 radical (unpaired) electrons. The lowest BCUT2D eigenvalue weighted by Crippen LogP contribution is -2.66. The van der Waals surface area contributed by atoms with Crippen LogP contribution in [-0.4, -0.2) is 58.3 Å². The van der Waals surface area contributed by atoms with Gasteiger partial charge in [0.15, 0.2) is 0 Å². The van der Waals surface area contributed by atoms with Crippen molar-refractivity contribution in [2.75, 3.05) is 7.11 Å². The van der Waals surface area contributed by atoms with Crippen LogP contribution in [0.2, 0.25) is 0 Å². The van der Waals surface area contributed by atoms with Gasteiger partial charge in [-0.3, -0.25) is 10.1 Å². The molecule has 8 nitrogen and oxygen atoms in total. The smallest absolute Gasteiger partial charge is 0.327 e. The number of aliphatic carboxylic acids is 1. The molecule has 0 aliphatic heterocycles. The molecule has 2 fully saturated rings. The van der Waals surface area contributed by atoms with E-state index in [0.29, 0.717) is 6.29 Å². The van der Waals surface area contributed by atoms with Crippen LogP contribution in [0, 0.1) is 17.3 Å². The Morgan fingerprint density at radius 2 is 2.10 bits per heavy atom. The molecular formula is C12H20N2O6. The van der Waals surface area contributed by atoms with Gasteiger partial charge in [0, 0.05) is 31.4 Å². The van der Waals surface area contributed by atoms with Gasteiger partial charge in [0.2, 0.25) is 5.91 Å². The number of nitrogens with two attached hydrogens (primary N) is 1. The summed E-state index contributed by atoms with van der Waals surface area (Å²) in [6.07, 6.45) is -0.801. The van der Waals surface area contributed by atoms with Gasteiger partial charge in [-0.1, -0.05) is 6.92 Å². The summed E-state index contributed by atoms with van der Waals surface area (Å²) >= 11 is 0. The van der Waals surface area contributed by atoms with E-state index < -0.39 is 46.8 Å². The van der Waals surface area contributed by atoms with Crippen molar-refractivity contribution in [3.05, 3.63) is 0 Å². The standard InChI is InChI=1S/C12H20N2O6/c1-10-5(4-15)6(10)7(14-11(2,19)20-3)8(16)12(10,13)9(17)18/h4-8,14,16,19H,13H2,1-3H3,(H,17,18)/t5?,6-,7+,8+,10?,11+,12-/m1/s1. The minimum absolute atomic E-state index is 0.474. The van der Waals surface area contributed by atoms with Gasteiger partial charge < -0.3 is 30.6 Å². The van der Waals surface area contributed by atoms with Crippen LogP contribution < -0.4 is 11.1 Å². The highest BCUT2D eigenvalue weighted by Crippen LogP contribution is 2.70. The summed E-state index contributed by atoms with van der Waals surface area (Å²) in [4.78, 5) is 22.6. The highest BCUT2D eigenvalue weighted by molar-refractivity contribution is 5.86. The van der Waals surface area contributed by atoms with Gasteiger partial charge in [0.25, 0.3) is 0 Å². The zero-order valence-corrected chi connectivity index (χ0v) is 11.5. The summed E-state index contributed by atoms with van der Waals surface area (Å²) in [6.45, 7) is 2.88. The first kappa shape index (κ1) is 15.3. The second kappa shape index (κ2) is 4.22. The third-order valence-corrected chi connectivity index (χ3v) is 5.08. The molecule has 0 spiro atoms. The molecule has 0 bridgehead atoms. The third kappa shape index (κ3) is 1.60. The number of nitrogens with one attached hydrogen (secondary N) is 1. The quantitative estimate of drug-likeness (QED) is 0.285. The van der Waals surface area contributed by atoms with E-state index in [0.717, 1.165) is 0 Å². The summed E-state index contributed by atoms with van der Waals surface area (Å²) in [5.41, 5.74) is 2.90. The zero-order valence-electron chi connectivity index (χ0n) is 11.5. The summed E-state index contributed by atoms with van der Waals surface area (Å²) < 4.78 is 4.80. The first-order valence-electron chi connectivity index (χ1n) is 6.28. The lowest BCUT2D eigenvalue weighted by molar-refractivity contribution is -0.205. The van der Waals surface area contributed by atoms with Crippen molar-refractivity contribution in [1.82, 2.24) is 5.32 Å². The maximum absolute atomic E-state index is 11.5. The van der Waals surface area contributed by atoms with Crippen LogP contribution >= 0.6 is 0 Å². The molecule has 8 heteroatoms. The Kier molecular flexibility index (Phi) is 3.23. The van der Waals surface area contributed by atoms with E-state index in [2.05, 4.69) is 5.32 Å². The molecule has 2 saturated carbocycles. The van der Waals surface area contributed by atoms with Gasteiger partial charge in [0.05, 0.1) is 6.10 Å². The number of ether oxygens (including phenoxy) is 1. The van der Waals surface area contributed by atoms with Gasteiger partial charge in [-0.2, -0.15) is 0 Å². The number of hydrogen-bond donors (Lipinski definition) is 5. The van der Waals surface area contributed by atoms with Crippen LogP contribution in [0.5, 0.6) is 0 Å². The molecule has 0 saturated heterocycles. The third-order valence-electron chi connectivity index (χ3n) is 5.08. The number of hydrogen-bond acceptors (Lipinski definition) is 7. The fourth-order valence-corrected chi connectivity index (χ4v) is 3.65. The van der Waals surface area contributed by atoms with Crippen LogP contribution in [0.1, 0.15) is 13.8 Å². The largest absolute Gasteiger partial charge is 0.480 e. The van der Waals surface area contributed by atoms with E-state index in [1.165, 1.54) is 14.0 Å². The van der Waals surface area contributed by atoms with E-state index >= 15 is 0 Å². The number of carbonyl (C=O) groups is 2. The number of aldehydes is 1. The molecule has 2 aliphatic rings. The molecule has 0 aromatic carbocycles. The number of carboxylic acids is 1.